The Kier molecular flexibility index (Phi) is 4.28. The number of carbonyl (C=O) groups is 1. The van der Waals surface area contributed by atoms with Crippen molar-refractivity contribution in [2.24, 2.45) is 11.3 Å². The van der Waals surface area contributed by atoms with Crippen molar-refractivity contribution < 1.29 is 9.53 Å². The van der Waals surface area contributed by atoms with Crippen molar-refractivity contribution in [1.29, 1.82) is 0 Å². The van der Waals surface area contributed by atoms with E-state index >= 15 is 0 Å². The lowest BCUT2D eigenvalue weighted by Crippen LogP contribution is -2.53. The van der Waals surface area contributed by atoms with Crippen LogP contribution in [0.4, 0.5) is 0 Å². The van der Waals surface area contributed by atoms with Crippen molar-refractivity contribution in [2.75, 3.05) is 32.8 Å². The molecule has 2 atom stereocenters. The standard InChI is InChI=1S/C14H26N2O2/c1-4-12-9-16(7-8-18-12)13(17)14(11(2)3)5-6-15-10-14/h11-12,15H,4-10H2,1-3H3. The maximum absolute atomic E-state index is 12.9. The van der Waals surface area contributed by atoms with E-state index in [1.165, 1.54) is 0 Å². The van der Waals surface area contributed by atoms with Gasteiger partial charge in [-0.05, 0) is 25.3 Å². The average molecular weight is 254 g/mol. The van der Waals surface area contributed by atoms with E-state index in [4.69, 9.17) is 4.74 Å². The van der Waals surface area contributed by atoms with Crippen molar-refractivity contribution in [3.05, 3.63) is 0 Å². The van der Waals surface area contributed by atoms with Crippen LogP contribution >= 0.6 is 0 Å². The van der Waals surface area contributed by atoms with Crippen LogP contribution in [0.3, 0.4) is 0 Å². The van der Waals surface area contributed by atoms with Crippen LogP contribution in [-0.2, 0) is 9.53 Å². The molecule has 18 heavy (non-hydrogen) atoms. The fourth-order valence-electron chi connectivity index (χ4n) is 3.10. The van der Waals surface area contributed by atoms with Crippen molar-refractivity contribution in [1.82, 2.24) is 10.2 Å². The number of hydrogen-bond donors (Lipinski definition) is 1. The minimum absolute atomic E-state index is 0.185. The van der Waals surface area contributed by atoms with Crippen LogP contribution in [0.1, 0.15) is 33.6 Å². The summed E-state index contributed by atoms with van der Waals surface area (Å²) < 4.78 is 5.65. The van der Waals surface area contributed by atoms with Crippen LogP contribution < -0.4 is 5.32 Å². The zero-order valence-electron chi connectivity index (χ0n) is 11.9. The molecule has 104 valence electrons. The van der Waals surface area contributed by atoms with Gasteiger partial charge in [-0.1, -0.05) is 20.8 Å². The molecule has 2 unspecified atom stereocenters. The van der Waals surface area contributed by atoms with Crippen molar-refractivity contribution in [3.63, 3.8) is 0 Å². The second-order valence-electron chi connectivity index (χ2n) is 5.89. The fourth-order valence-corrected chi connectivity index (χ4v) is 3.10. The maximum atomic E-state index is 12.9. The van der Waals surface area contributed by atoms with E-state index in [9.17, 15) is 4.79 Å². The molecule has 0 spiro atoms. The Bertz CT molecular complexity index is 298. The van der Waals surface area contributed by atoms with E-state index in [2.05, 4.69) is 26.1 Å². The highest BCUT2D eigenvalue weighted by molar-refractivity contribution is 5.84. The normalized spacial score (nSPS) is 33.1. The first-order chi connectivity index (χ1) is 8.60. The van der Waals surface area contributed by atoms with E-state index in [0.29, 0.717) is 18.4 Å². The molecule has 2 rings (SSSR count). The highest BCUT2D eigenvalue weighted by Crippen LogP contribution is 2.36. The largest absolute Gasteiger partial charge is 0.375 e. The zero-order valence-corrected chi connectivity index (χ0v) is 11.9. The monoisotopic (exact) mass is 254 g/mol. The van der Waals surface area contributed by atoms with Crippen molar-refractivity contribution >= 4 is 5.91 Å². The molecule has 0 radical (unpaired) electrons. The number of rotatable bonds is 3. The molecule has 0 aromatic heterocycles. The summed E-state index contributed by atoms with van der Waals surface area (Å²) in [6.45, 7) is 10.5. The van der Waals surface area contributed by atoms with Gasteiger partial charge in [0.15, 0.2) is 0 Å². The van der Waals surface area contributed by atoms with Crippen LogP contribution in [0.5, 0.6) is 0 Å². The summed E-state index contributed by atoms with van der Waals surface area (Å²) in [7, 11) is 0. The van der Waals surface area contributed by atoms with Crippen molar-refractivity contribution in [3.8, 4) is 0 Å². The molecule has 2 aliphatic heterocycles. The lowest BCUT2D eigenvalue weighted by molar-refractivity contribution is -0.151. The van der Waals surface area contributed by atoms with E-state index in [1.807, 2.05) is 4.90 Å². The summed E-state index contributed by atoms with van der Waals surface area (Å²) in [5, 5.41) is 3.36. The minimum atomic E-state index is -0.185. The van der Waals surface area contributed by atoms with Gasteiger partial charge in [-0.25, -0.2) is 0 Å². The van der Waals surface area contributed by atoms with Gasteiger partial charge in [0.25, 0.3) is 0 Å². The minimum Gasteiger partial charge on any atom is -0.375 e. The number of nitrogens with zero attached hydrogens (tertiary/aromatic N) is 1. The Hall–Kier alpha value is -0.610. The van der Waals surface area contributed by atoms with Gasteiger partial charge in [-0.3, -0.25) is 4.79 Å². The fraction of sp³-hybridized carbons (Fsp3) is 0.929. The Morgan fingerprint density at radius 2 is 2.33 bits per heavy atom. The molecule has 2 fully saturated rings. The average Bonchev–Trinajstić information content (AvgIpc) is 2.88. The molecule has 0 saturated carbocycles. The number of hydrogen-bond acceptors (Lipinski definition) is 3. The Morgan fingerprint density at radius 1 is 1.56 bits per heavy atom. The summed E-state index contributed by atoms with van der Waals surface area (Å²) in [6, 6.07) is 0. The molecular formula is C14H26N2O2. The second-order valence-corrected chi connectivity index (χ2v) is 5.89. The molecule has 2 aliphatic rings. The summed E-state index contributed by atoms with van der Waals surface area (Å²) in [6.07, 6.45) is 2.18. The molecule has 1 amide bonds. The van der Waals surface area contributed by atoms with Gasteiger partial charge in [0.05, 0.1) is 18.1 Å². The predicted molar refractivity (Wildman–Crippen MR) is 71.4 cm³/mol. The van der Waals surface area contributed by atoms with Crippen LogP contribution in [0, 0.1) is 11.3 Å². The number of nitrogens with one attached hydrogen (secondary N) is 1. The smallest absolute Gasteiger partial charge is 0.230 e. The van der Waals surface area contributed by atoms with Gasteiger partial charge in [0.1, 0.15) is 0 Å². The SMILES string of the molecule is CCC1CN(C(=O)C2(C(C)C)CCNC2)CCO1. The van der Waals surface area contributed by atoms with Crippen LogP contribution in [0.25, 0.3) is 0 Å². The Balaban J connectivity index is 2.09. The summed E-state index contributed by atoms with van der Waals surface area (Å²) >= 11 is 0. The van der Waals surface area contributed by atoms with Gasteiger partial charge < -0.3 is 15.0 Å². The molecule has 2 heterocycles. The number of morpholine rings is 1. The zero-order chi connectivity index (χ0) is 13.2. The number of amides is 1. The van der Waals surface area contributed by atoms with E-state index in [0.717, 1.165) is 39.0 Å². The number of carbonyl (C=O) groups excluding carboxylic acids is 1. The molecular weight excluding hydrogens is 228 g/mol. The van der Waals surface area contributed by atoms with E-state index < -0.39 is 0 Å². The van der Waals surface area contributed by atoms with Gasteiger partial charge in [0.2, 0.25) is 5.91 Å². The van der Waals surface area contributed by atoms with Crippen LogP contribution in [-0.4, -0.2) is 49.7 Å². The van der Waals surface area contributed by atoms with Gasteiger partial charge in [0, 0.05) is 19.6 Å². The first kappa shape index (κ1) is 13.8. The van der Waals surface area contributed by atoms with E-state index in [1.54, 1.807) is 0 Å². The molecule has 4 nitrogen and oxygen atoms in total. The quantitative estimate of drug-likeness (QED) is 0.824. The van der Waals surface area contributed by atoms with E-state index in [-0.39, 0.29) is 11.5 Å². The van der Waals surface area contributed by atoms with Crippen molar-refractivity contribution in [2.45, 2.75) is 39.7 Å². The summed E-state index contributed by atoms with van der Waals surface area (Å²) in [4.78, 5) is 14.9. The third kappa shape index (κ3) is 2.41. The molecule has 0 aromatic carbocycles. The number of ether oxygens (including phenoxy) is 1. The lowest BCUT2D eigenvalue weighted by Gasteiger charge is -2.40. The summed E-state index contributed by atoms with van der Waals surface area (Å²) in [5.74, 6) is 0.729. The van der Waals surface area contributed by atoms with Gasteiger partial charge in [-0.2, -0.15) is 0 Å². The third-order valence-corrected chi connectivity index (χ3v) is 4.60. The Morgan fingerprint density at radius 3 is 2.89 bits per heavy atom. The third-order valence-electron chi connectivity index (χ3n) is 4.60. The summed E-state index contributed by atoms with van der Waals surface area (Å²) in [5.41, 5.74) is -0.185. The Labute approximate surface area is 110 Å². The molecule has 0 aliphatic carbocycles. The van der Waals surface area contributed by atoms with Gasteiger partial charge in [-0.15, -0.1) is 0 Å². The first-order valence-electron chi connectivity index (χ1n) is 7.22. The van der Waals surface area contributed by atoms with Gasteiger partial charge >= 0.3 is 0 Å². The highest BCUT2D eigenvalue weighted by atomic mass is 16.5. The molecule has 0 bridgehead atoms. The predicted octanol–water partition coefficient (Wildman–Crippen LogP) is 1.26. The lowest BCUT2D eigenvalue weighted by atomic mass is 9.75. The molecule has 0 aromatic rings. The second kappa shape index (κ2) is 5.57. The molecule has 4 heteroatoms. The molecule has 1 N–H and O–H groups in total. The van der Waals surface area contributed by atoms with Crippen LogP contribution in [0.15, 0.2) is 0 Å². The molecule has 2 saturated heterocycles. The first-order valence-corrected chi connectivity index (χ1v) is 7.22. The maximum Gasteiger partial charge on any atom is 0.230 e. The topological polar surface area (TPSA) is 41.6 Å². The van der Waals surface area contributed by atoms with Crippen LogP contribution in [0.2, 0.25) is 0 Å². The highest BCUT2D eigenvalue weighted by Gasteiger charge is 2.46.